The fourth-order valence-electron chi connectivity index (χ4n) is 3.92. The Morgan fingerprint density at radius 2 is 1.89 bits per heavy atom. The molecule has 37 heavy (non-hydrogen) atoms. The van der Waals surface area contributed by atoms with Gasteiger partial charge in [-0.15, -0.1) is 0 Å². The van der Waals surface area contributed by atoms with Crippen LogP contribution in [0.15, 0.2) is 42.6 Å². The summed E-state index contributed by atoms with van der Waals surface area (Å²) in [6.07, 6.45) is 3.05. The molecule has 7 nitrogen and oxygen atoms in total. The number of amides is 1. The second-order valence-corrected chi connectivity index (χ2v) is 12.0. The smallest absolute Gasteiger partial charge is 0.236 e. The Bertz CT molecular complexity index is 1310. The third-order valence-corrected chi connectivity index (χ3v) is 8.70. The lowest BCUT2D eigenvalue weighted by atomic mass is 9.94. The van der Waals surface area contributed by atoms with Crippen LogP contribution in [0.1, 0.15) is 62.6 Å². The highest BCUT2D eigenvalue weighted by Crippen LogP contribution is 2.51. The zero-order valence-corrected chi connectivity index (χ0v) is 23.4. The molecule has 0 radical (unpaired) electrons. The highest BCUT2D eigenvalue weighted by atomic mass is 35.5. The number of anilines is 1. The van der Waals surface area contributed by atoms with E-state index in [-0.39, 0.29) is 23.0 Å². The Morgan fingerprint density at radius 1 is 1.16 bits per heavy atom. The number of nitrogens with zero attached hydrogens (tertiary/aromatic N) is 1. The molecule has 1 aliphatic carbocycles. The van der Waals surface area contributed by atoms with E-state index in [9.17, 15) is 13.4 Å². The molecule has 0 bridgehead atoms. The number of halogens is 2. The molecule has 2 N–H and O–H groups in total. The lowest BCUT2D eigenvalue weighted by molar-refractivity contribution is -0.118. The number of fused-ring (bicyclic) bond motifs is 1. The Kier molecular flexibility index (Phi) is 8.52. The molecule has 11 heteroatoms. The van der Waals surface area contributed by atoms with Gasteiger partial charge >= 0.3 is 0 Å². The maximum Gasteiger partial charge on any atom is 0.236 e. The number of nitrogens with one attached hydrogen (secondary N) is 2. The van der Waals surface area contributed by atoms with Crippen LogP contribution in [0, 0.1) is 5.82 Å². The van der Waals surface area contributed by atoms with Gasteiger partial charge in [-0.1, -0.05) is 48.9 Å². The van der Waals surface area contributed by atoms with E-state index in [0.717, 1.165) is 18.4 Å². The van der Waals surface area contributed by atoms with Crippen LogP contribution in [0.3, 0.4) is 0 Å². The Hall–Kier alpha value is -2.53. The maximum atomic E-state index is 13.6. The van der Waals surface area contributed by atoms with Crippen molar-refractivity contribution < 1.29 is 22.9 Å². The predicted octanol–water partition coefficient (Wildman–Crippen LogP) is 6.11. The second-order valence-electron chi connectivity index (χ2n) is 8.73. The van der Waals surface area contributed by atoms with Crippen LogP contribution in [-0.2, 0) is 21.2 Å². The number of thiazole rings is 1. The third kappa shape index (κ3) is 5.82. The Balaban J connectivity index is 0.00000156. The molecule has 2 aliphatic rings. The van der Waals surface area contributed by atoms with Gasteiger partial charge in [0.25, 0.3) is 0 Å². The summed E-state index contributed by atoms with van der Waals surface area (Å²) in [5.74, 6) is 0.706. The number of hydrogen-bond donors (Lipinski definition) is 2. The molecule has 1 aliphatic heterocycles. The number of carbonyl (C=O) groups excluding carboxylic acids is 1. The number of benzene rings is 2. The van der Waals surface area contributed by atoms with E-state index < -0.39 is 28.3 Å². The van der Waals surface area contributed by atoms with Gasteiger partial charge in [0.2, 0.25) is 12.7 Å². The molecule has 5 rings (SSSR count). The number of carbonyl (C=O) groups is 1. The first-order valence-corrected chi connectivity index (χ1v) is 14.5. The van der Waals surface area contributed by atoms with Crippen LogP contribution in [-0.4, -0.2) is 27.1 Å². The summed E-state index contributed by atoms with van der Waals surface area (Å²) in [7, 11) is -1.38. The average molecular weight is 566 g/mol. The first-order valence-electron chi connectivity index (χ1n) is 12.1. The third-order valence-electron chi connectivity index (χ3n) is 6.07. The minimum atomic E-state index is -1.38. The lowest BCUT2D eigenvalue weighted by Crippen LogP contribution is -2.29. The Morgan fingerprint density at radius 3 is 2.57 bits per heavy atom. The van der Waals surface area contributed by atoms with Crippen molar-refractivity contribution in [2.75, 3.05) is 12.1 Å². The van der Waals surface area contributed by atoms with Crippen LogP contribution in [0.4, 0.5) is 9.52 Å². The van der Waals surface area contributed by atoms with Crippen LogP contribution in [0.2, 0.25) is 5.02 Å². The Labute approximate surface area is 227 Å². The molecule has 2 aromatic carbocycles. The quantitative estimate of drug-likeness (QED) is 0.344. The number of aromatic nitrogens is 1. The summed E-state index contributed by atoms with van der Waals surface area (Å²) in [6.45, 7) is 7.83. The molecule has 1 saturated carbocycles. The number of ether oxygens (including phenoxy) is 2. The molecule has 2 atom stereocenters. The van der Waals surface area contributed by atoms with E-state index in [1.807, 2.05) is 45.9 Å². The highest BCUT2D eigenvalue weighted by molar-refractivity contribution is 7.83. The van der Waals surface area contributed by atoms with E-state index >= 15 is 0 Å². The normalized spacial score (nSPS) is 16.5. The van der Waals surface area contributed by atoms with Gasteiger partial charge in [-0.2, -0.15) is 0 Å². The lowest BCUT2D eigenvalue weighted by Gasteiger charge is -2.19. The minimum Gasteiger partial charge on any atom is -0.454 e. The van der Waals surface area contributed by atoms with Gasteiger partial charge in [-0.25, -0.2) is 18.3 Å². The van der Waals surface area contributed by atoms with Gasteiger partial charge in [0.05, 0.1) is 22.4 Å². The summed E-state index contributed by atoms with van der Waals surface area (Å²) >= 11 is 7.57. The standard InChI is InChI=1S/C24H23ClFN3O4S2.C2H6/c1-13(2)35(31)29-21(16-5-4-15(26)10-17(16)25)20-11-27-23(34-20)28-22(30)24(7-8-24)14-3-6-18-19(9-14)33-12-32-18;1-2/h3-6,9-11,13,21,29H,7-8,12H2,1-2H3,(H,27,28,30);1-2H3/t21-,35?;/m0./s1. The molecule has 0 saturated heterocycles. The van der Waals surface area contributed by atoms with Gasteiger partial charge in [-0.05, 0) is 62.1 Å². The first-order chi connectivity index (χ1) is 17.8. The summed E-state index contributed by atoms with van der Waals surface area (Å²) in [6, 6.07) is 9.08. The topological polar surface area (TPSA) is 89.6 Å². The summed E-state index contributed by atoms with van der Waals surface area (Å²) in [5, 5.41) is 3.41. The fourth-order valence-corrected chi connectivity index (χ4v) is 5.91. The van der Waals surface area contributed by atoms with Crippen molar-refractivity contribution >= 4 is 45.0 Å². The second kappa shape index (κ2) is 11.5. The molecule has 3 aromatic rings. The molecule has 1 fully saturated rings. The minimum absolute atomic E-state index is 0.146. The summed E-state index contributed by atoms with van der Waals surface area (Å²) in [4.78, 5) is 18.3. The van der Waals surface area contributed by atoms with Crippen molar-refractivity contribution in [1.82, 2.24) is 9.71 Å². The van der Waals surface area contributed by atoms with Crippen molar-refractivity contribution in [2.24, 2.45) is 0 Å². The average Bonchev–Trinajstić information content (AvgIpc) is 3.34. The van der Waals surface area contributed by atoms with Gasteiger partial charge in [-0.3, -0.25) is 4.79 Å². The van der Waals surface area contributed by atoms with Crippen molar-refractivity contribution in [2.45, 2.75) is 57.2 Å². The summed E-state index contributed by atoms with van der Waals surface area (Å²) < 4.78 is 40.2. The molecule has 198 valence electrons. The molecule has 0 spiro atoms. The first kappa shape index (κ1) is 27.5. The highest BCUT2D eigenvalue weighted by Gasteiger charge is 2.52. The molecule has 1 unspecified atom stereocenters. The van der Waals surface area contributed by atoms with E-state index in [0.29, 0.717) is 27.1 Å². The summed E-state index contributed by atoms with van der Waals surface area (Å²) in [5.41, 5.74) is 0.813. The number of rotatable bonds is 8. The largest absolute Gasteiger partial charge is 0.454 e. The van der Waals surface area contributed by atoms with Crippen molar-refractivity contribution in [1.29, 1.82) is 0 Å². The van der Waals surface area contributed by atoms with Gasteiger partial charge < -0.3 is 14.8 Å². The monoisotopic (exact) mass is 565 g/mol. The molecular formula is C26H29ClFN3O4S2. The van der Waals surface area contributed by atoms with E-state index in [2.05, 4.69) is 15.0 Å². The van der Waals surface area contributed by atoms with Crippen LogP contribution in [0.25, 0.3) is 0 Å². The van der Waals surface area contributed by atoms with Crippen molar-refractivity contribution in [3.8, 4) is 11.5 Å². The zero-order valence-electron chi connectivity index (χ0n) is 21.0. The zero-order chi connectivity index (χ0) is 26.7. The van der Waals surface area contributed by atoms with Crippen LogP contribution >= 0.6 is 22.9 Å². The molecule has 2 heterocycles. The molecular weight excluding hydrogens is 537 g/mol. The van der Waals surface area contributed by atoms with Crippen LogP contribution in [0.5, 0.6) is 11.5 Å². The predicted molar refractivity (Wildman–Crippen MR) is 145 cm³/mol. The van der Waals surface area contributed by atoms with Crippen molar-refractivity contribution in [3.05, 3.63) is 69.4 Å². The fraction of sp³-hybridized carbons (Fsp3) is 0.385. The van der Waals surface area contributed by atoms with Crippen LogP contribution < -0.4 is 19.5 Å². The van der Waals surface area contributed by atoms with Crippen molar-refractivity contribution in [3.63, 3.8) is 0 Å². The van der Waals surface area contributed by atoms with E-state index in [1.54, 1.807) is 12.3 Å². The SMILES string of the molecule is CC.CC(C)S(=O)N[C@H](c1cnc(NC(=O)C2(c3ccc4c(c3)OCO4)CC2)s1)c1ccc(F)cc1Cl. The van der Waals surface area contributed by atoms with Gasteiger partial charge in [0.1, 0.15) is 5.82 Å². The molecule has 1 amide bonds. The van der Waals surface area contributed by atoms with Gasteiger partial charge in [0.15, 0.2) is 16.6 Å². The van der Waals surface area contributed by atoms with E-state index in [1.165, 1.54) is 23.5 Å². The van der Waals surface area contributed by atoms with Gasteiger partial charge in [0, 0.05) is 21.3 Å². The molecule has 1 aromatic heterocycles. The maximum absolute atomic E-state index is 13.6. The van der Waals surface area contributed by atoms with E-state index in [4.69, 9.17) is 21.1 Å². The number of hydrogen-bond acceptors (Lipinski definition) is 6.